The van der Waals surface area contributed by atoms with Gasteiger partial charge in [0.1, 0.15) is 0 Å². The zero-order valence-electron chi connectivity index (χ0n) is 8.68. The van der Waals surface area contributed by atoms with Gasteiger partial charge in [0, 0.05) is 0 Å². The van der Waals surface area contributed by atoms with E-state index in [1.807, 2.05) is 0 Å². The molecule has 103 valence electrons. The number of hydrogen-bond acceptors (Lipinski definition) is 12. The van der Waals surface area contributed by atoms with Gasteiger partial charge in [0.2, 0.25) is 0 Å². The van der Waals surface area contributed by atoms with Crippen LogP contribution in [-0.2, 0) is 9.05 Å². The first kappa shape index (κ1) is 44.0. The van der Waals surface area contributed by atoms with Gasteiger partial charge in [0.25, 0.3) is 0 Å². The average Bonchev–Trinajstić information content (AvgIpc) is 1.41. The molecule has 0 aromatic rings. The zero-order valence-corrected chi connectivity index (χ0v) is 22.6. The van der Waals surface area contributed by atoms with Crippen LogP contribution in [0.5, 0.6) is 0 Å². The van der Waals surface area contributed by atoms with E-state index in [4.69, 9.17) is 39.5 Å². The van der Waals surface area contributed by atoms with Gasteiger partial charge in [0.15, 0.2) is 0 Å². The Bertz CT molecular complexity index is 214. The van der Waals surface area contributed by atoms with Crippen molar-refractivity contribution in [3.8, 4) is 0 Å². The summed E-state index contributed by atoms with van der Waals surface area (Å²) in [6.07, 6.45) is 0. The summed E-state index contributed by atoms with van der Waals surface area (Å²) in [4.78, 5) is 0. The molecule has 0 aromatic heterocycles. The van der Waals surface area contributed by atoms with E-state index in [1.54, 1.807) is 0 Å². The van der Waals surface area contributed by atoms with Gasteiger partial charge in [-0.1, -0.05) is 0 Å². The van der Waals surface area contributed by atoms with Gasteiger partial charge in [-0.25, -0.2) is 0 Å². The molecule has 0 aliphatic rings. The summed E-state index contributed by atoms with van der Waals surface area (Å²) in [7, 11) is 0. The summed E-state index contributed by atoms with van der Waals surface area (Å²) in [6, 6.07) is 0. The normalized spacial score (nSPS) is 9.32. The minimum absolute atomic E-state index is 0. The topological polar surface area (TPSA) is 259 Å². The van der Waals surface area contributed by atoms with E-state index in [2.05, 4.69) is 0 Å². The Balaban J connectivity index is -0.0000000206. The van der Waals surface area contributed by atoms with Crippen molar-refractivity contribution in [3.05, 3.63) is 0 Å². The first-order chi connectivity index (χ1) is 6.00. The molecule has 19 heteroatoms. The fourth-order valence-electron chi connectivity index (χ4n) is 0. The van der Waals surface area contributed by atoms with Crippen LogP contribution in [0.25, 0.3) is 0 Å². The Kier molecular flexibility index (Phi) is 48.8. The molecule has 0 aliphatic carbocycles. The van der Waals surface area contributed by atoms with Crippen molar-refractivity contribution >= 4 is 129 Å². The summed E-state index contributed by atoms with van der Waals surface area (Å²) in [5.74, 6) is 0. The standard InChI is InChI=1S/Dy.3Mg.12O.3Sb/q+3;3*+2;;;;9*-1;;;. The third kappa shape index (κ3) is 399. The van der Waals surface area contributed by atoms with Gasteiger partial charge in [-0.05, 0) is 0 Å². The van der Waals surface area contributed by atoms with Crippen LogP contribution >= 0.6 is 0 Å². The Morgan fingerprint density at radius 1 is 0.421 bits per heavy atom. The molecule has 19 heavy (non-hydrogen) atoms. The maximum atomic E-state index is 8.64. The van der Waals surface area contributed by atoms with Crippen molar-refractivity contribution in [2.24, 2.45) is 0 Å². The van der Waals surface area contributed by atoms with Crippen LogP contribution in [0.4, 0.5) is 0 Å². The molecule has 0 N–H and O–H groups in total. The van der Waals surface area contributed by atoms with Crippen molar-refractivity contribution < 1.29 is 77.7 Å². The second-order valence-electron chi connectivity index (χ2n) is 1.34. The number of hydrogen-bond donors (Lipinski definition) is 0. The molecule has 0 bridgehead atoms. The van der Waals surface area contributed by atoms with E-state index in [-0.39, 0.29) is 107 Å². The monoisotopic (exact) mass is 791 g/mol. The summed E-state index contributed by atoms with van der Waals surface area (Å²) in [5, 5.41) is 0. The summed E-state index contributed by atoms with van der Waals surface area (Å²) >= 11 is -18.3. The predicted molar refractivity (Wildman–Crippen MR) is 36.6 cm³/mol. The summed E-state index contributed by atoms with van der Waals surface area (Å²) in [5.41, 5.74) is 0. The van der Waals surface area contributed by atoms with E-state index < -0.39 is 60.2 Å². The molecule has 0 aliphatic heterocycles. The molecule has 0 saturated carbocycles. The first-order valence-corrected chi connectivity index (χ1v) is 14.7. The molecule has 0 aromatic carbocycles. The molecule has 0 spiro atoms. The van der Waals surface area contributed by atoms with E-state index in [9.17, 15) is 0 Å². The predicted octanol–water partition coefficient (Wildman–Crippen LogP) is -13.3. The van der Waals surface area contributed by atoms with Gasteiger partial charge >= 0.3 is 207 Å². The molecule has 0 unspecified atom stereocenters. The molecule has 0 fully saturated rings. The summed E-state index contributed by atoms with van der Waals surface area (Å²) < 4.78 is 104. The van der Waals surface area contributed by atoms with Crippen LogP contribution in [0.3, 0.4) is 0 Å². The van der Waals surface area contributed by atoms with Crippen LogP contribution in [0.15, 0.2) is 0 Å². The van der Waals surface area contributed by atoms with Crippen LogP contribution in [-0.4, -0.2) is 129 Å². The Labute approximate surface area is 202 Å². The molecule has 0 saturated heterocycles. The molecule has 12 nitrogen and oxygen atoms in total. The van der Waals surface area contributed by atoms with Crippen molar-refractivity contribution in [2.45, 2.75) is 0 Å². The fourth-order valence-corrected chi connectivity index (χ4v) is 0. The molecule has 0 heterocycles. The van der Waals surface area contributed by atoms with Gasteiger partial charge in [-0.15, -0.1) is 0 Å². The molecule has 0 atom stereocenters. The van der Waals surface area contributed by atoms with Gasteiger partial charge in [-0.2, -0.15) is 0 Å². The Morgan fingerprint density at radius 3 is 0.421 bits per heavy atom. The molecule has 0 rings (SSSR count). The molecule has 1 radical (unpaired) electrons. The van der Waals surface area contributed by atoms with Crippen molar-refractivity contribution in [2.75, 3.05) is 0 Å². The van der Waals surface area contributed by atoms with Crippen molar-refractivity contribution in [3.63, 3.8) is 0 Å². The Hall–Kier alpha value is 5.07. The van der Waals surface area contributed by atoms with E-state index in [1.165, 1.54) is 0 Å². The minimum atomic E-state index is -6.10. The Morgan fingerprint density at radius 2 is 0.421 bits per heavy atom. The second-order valence-corrected chi connectivity index (χ2v) is 9.00. The van der Waals surface area contributed by atoms with Crippen LogP contribution in [0.2, 0.25) is 0 Å². The molecular weight excluding hydrogens is 793 g/mol. The van der Waals surface area contributed by atoms with E-state index >= 15 is 0 Å². The van der Waals surface area contributed by atoms with Crippen molar-refractivity contribution in [1.82, 2.24) is 0 Å². The first-order valence-electron chi connectivity index (χ1n) is 2.19. The van der Waals surface area contributed by atoms with E-state index in [0.717, 1.165) is 0 Å². The number of rotatable bonds is 0. The zero-order chi connectivity index (χ0) is 13.5. The van der Waals surface area contributed by atoms with Crippen LogP contribution in [0, 0.1) is 38.2 Å². The van der Waals surface area contributed by atoms with E-state index in [0.29, 0.717) is 0 Å². The maximum absolute atomic E-state index is 8.64. The van der Waals surface area contributed by atoms with Crippen LogP contribution < -0.4 is 30.5 Å². The average molecular weight is 793 g/mol. The third-order valence-electron chi connectivity index (χ3n) is 0. The van der Waals surface area contributed by atoms with Gasteiger partial charge in [0.05, 0.1) is 0 Å². The summed E-state index contributed by atoms with van der Waals surface area (Å²) in [6.45, 7) is 0. The van der Waals surface area contributed by atoms with Crippen molar-refractivity contribution in [1.29, 1.82) is 0 Å². The molecule has 0 amide bonds. The molecular formula is DyMg3O12Sb3. The van der Waals surface area contributed by atoms with Crippen LogP contribution in [0.1, 0.15) is 0 Å². The van der Waals surface area contributed by atoms with Gasteiger partial charge < -0.3 is 0 Å². The van der Waals surface area contributed by atoms with Gasteiger partial charge in [-0.3, -0.25) is 0 Å². The third-order valence-corrected chi connectivity index (χ3v) is 0. The fraction of sp³-hybridized carbons (Fsp3) is 0. The quantitative estimate of drug-likeness (QED) is 0.207. The second kappa shape index (κ2) is 21.1. The SMILES string of the molecule is [Dy+3].[Mg+2].[Mg+2].[Mg+2].[O]=[Sb]([O-])([O-])[O-].[O]=[Sb]([O-])([O-])[O-].[O]=[Sb]([O-])([O-])[O-].